The van der Waals surface area contributed by atoms with Gasteiger partial charge in [-0.3, -0.25) is 4.79 Å². The first-order valence-corrected chi connectivity index (χ1v) is 4.69. The van der Waals surface area contributed by atoms with Crippen LogP contribution in [-0.2, 0) is 9.53 Å². The Labute approximate surface area is 82.0 Å². The minimum absolute atomic E-state index is 0.282. The van der Waals surface area contributed by atoms with Crippen molar-refractivity contribution < 1.29 is 9.53 Å². The maximum atomic E-state index is 11.5. The summed E-state index contributed by atoms with van der Waals surface area (Å²) < 4.78 is 4.92. The quantitative estimate of drug-likeness (QED) is 0.702. The summed E-state index contributed by atoms with van der Waals surface area (Å²) in [6, 6.07) is 0. The predicted molar refractivity (Wildman–Crippen MR) is 48.5 cm³/mol. The van der Waals surface area contributed by atoms with E-state index in [1.165, 1.54) is 0 Å². The number of tetrazole rings is 1. The number of rotatable bonds is 5. The van der Waals surface area contributed by atoms with Crippen LogP contribution >= 0.6 is 0 Å². The van der Waals surface area contributed by atoms with Crippen LogP contribution in [0.2, 0.25) is 0 Å². The van der Waals surface area contributed by atoms with E-state index in [1.54, 1.807) is 6.92 Å². The van der Waals surface area contributed by atoms with Gasteiger partial charge in [-0.2, -0.15) is 5.21 Å². The molecule has 14 heavy (non-hydrogen) atoms. The number of aromatic amines is 1. The van der Waals surface area contributed by atoms with Crippen molar-refractivity contribution in [3.8, 4) is 0 Å². The molecule has 78 valence electrons. The van der Waals surface area contributed by atoms with Crippen LogP contribution < -0.4 is 0 Å². The first kappa shape index (κ1) is 10.6. The molecule has 1 aromatic rings. The maximum Gasteiger partial charge on any atom is 0.316 e. The molecular weight excluding hydrogens is 184 g/mol. The standard InChI is InChI=1S/C8H14N4O2/c1-3-5-6(8(13)14-4-2)7-9-11-12-10-7/h6H,3-5H2,1-2H3,(H,9,10,11,12). The summed E-state index contributed by atoms with van der Waals surface area (Å²) in [6.07, 6.45) is 1.55. The van der Waals surface area contributed by atoms with E-state index in [0.717, 1.165) is 6.42 Å². The van der Waals surface area contributed by atoms with E-state index in [1.807, 2.05) is 6.92 Å². The molecule has 1 rings (SSSR count). The molecule has 0 bridgehead atoms. The average molecular weight is 198 g/mol. The molecule has 0 radical (unpaired) electrons. The fourth-order valence-corrected chi connectivity index (χ4v) is 1.20. The molecule has 0 fully saturated rings. The fourth-order valence-electron chi connectivity index (χ4n) is 1.20. The maximum absolute atomic E-state index is 11.5. The highest BCUT2D eigenvalue weighted by Crippen LogP contribution is 2.18. The molecule has 0 aromatic carbocycles. The number of H-pyrrole nitrogens is 1. The van der Waals surface area contributed by atoms with Gasteiger partial charge in [0.15, 0.2) is 5.82 Å². The van der Waals surface area contributed by atoms with Crippen molar-refractivity contribution in [3.63, 3.8) is 0 Å². The largest absolute Gasteiger partial charge is 0.465 e. The van der Waals surface area contributed by atoms with E-state index in [-0.39, 0.29) is 5.97 Å². The number of hydrogen-bond acceptors (Lipinski definition) is 5. The van der Waals surface area contributed by atoms with Gasteiger partial charge in [0.2, 0.25) is 0 Å². The van der Waals surface area contributed by atoms with Gasteiger partial charge in [0.05, 0.1) is 6.61 Å². The lowest BCUT2D eigenvalue weighted by Crippen LogP contribution is -2.17. The fraction of sp³-hybridized carbons (Fsp3) is 0.750. The summed E-state index contributed by atoms with van der Waals surface area (Å²) in [7, 11) is 0. The van der Waals surface area contributed by atoms with Crippen LogP contribution in [-0.4, -0.2) is 33.2 Å². The summed E-state index contributed by atoms with van der Waals surface area (Å²) in [4.78, 5) is 11.5. The molecular formula is C8H14N4O2. The van der Waals surface area contributed by atoms with Gasteiger partial charge in [0.25, 0.3) is 0 Å². The highest BCUT2D eigenvalue weighted by Gasteiger charge is 2.24. The van der Waals surface area contributed by atoms with Crippen LogP contribution in [0.5, 0.6) is 0 Å². The molecule has 0 aliphatic carbocycles. The van der Waals surface area contributed by atoms with Crippen LogP contribution in [0.4, 0.5) is 0 Å². The Morgan fingerprint density at radius 2 is 2.36 bits per heavy atom. The van der Waals surface area contributed by atoms with Gasteiger partial charge in [-0.15, -0.1) is 10.2 Å². The van der Waals surface area contributed by atoms with Crippen LogP contribution in [0.25, 0.3) is 0 Å². The molecule has 6 heteroatoms. The van der Waals surface area contributed by atoms with E-state index in [4.69, 9.17) is 4.74 Å². The van der Waals surface area contributed by atoms with Crippen molar-refractivity contribution in [1.82, 2.24) is 20.6 Å². The Kier molecular flexibility index (Phi) is 4.03. The molecule has 6 nitrogen and oxygen atoms in total. The minimum Gasteiger partial charge on any atom is -0.465 e. The van der Waals surface area contributed by atoms with E-state index >= 15 is 0 Å². The first-order chi connectivity index (χ1) is 6.79. The van der Waals surface area contributed by atoms with Gasteiger partial charge in [-0.1, -0.05) is 18.6 Å². The minimum atomic E-state index is -0.390. The number of carbonyl (C=O) groups is 1. The molecule has 0 amide bonds. The van der Waals surface area contributed by atoms with Gasteiger partial charge < -0.3 is 4.74 Å². The molecule has 1 heterocycles. The predicted octanol–water partition coefficient (Wildman–Crippen LogP) is 0.646. The lowest BCUT2D eigenvalue weighted by molar-refractivity contribution is -0.145. The number of ether oxygens (including phenoxy) is 1. The Bertz CT molecular complexity index is 273. The number of nitrogens with zero attached hydrogens (tertiary/aromatic N) is 3. The molecule has 1 aromatic heterocycles. The Balaban J connectivity index is 2.69. The number of esters is 1. The monoisotopic (exact) mass is 198 g/mol. The summed E-state index contributed by atoms with van der Waals surface area (Å²) in [5, 5.41) is 13.3. The SMILES string of the molecule is CCCC(C(=O)OCC)c1nn[nH]n1. The van der Waals surface area contributed by atoms with Gasteiger partial charge in [0, 0.05) is 0 Å². The molecule has 0 saturated heterocycles. The summed E-state index contributed by atoms with van der Waals surface area (Å²) in [6.45, 7) is 4.14. The van der Waals surface area contributed by atoms with Crippen LogP contribution in [0.3, 0.4) is 0 Å². The zero-order valence-electron chi connectivity index (χ0n) is 8.36. The zero-order chi connectivity index (χ0) is 10.4. The lowest BCUT2D eigenvalue weighted by atomic mass is 10.0. The van der Waals surface area contributed by atoms with E-state index < -0.39 is 5.92 Å². The van der Waals surface area contributed by atoms with Crippen molar-refractivity contribution >= 4 is 5.97 Å². The Morgan fingerprint density at radius 3 is 2.86 bits per heavy atom. The number of carbonyl (C=O) groups excluding carboxylic acids is 1. The van der Waals surface area contributed by atoms with E-state index in [2.05, 4.69) is 20.6 Å². The molecule has 1 N–H and O–H groups in total. The Hall–Kier alpha value is -1.46. The third-order valence-electron chi connectivity index (χ3n) is 1.82. The molecule has 0 aliphatic heterocycles. The number of nitrogens with one attached hydrogen (secondary N) is 1. The second-order valence-electron chi connectivity index (χ2n) is 2.86. The van der Waals surface area contributed by atoms with Crippen LogP contribution in [0.1, 0.15) is 38.4 Å². The van der Waals surface area contributed by atoms with E-state index in [0.29, 0.717) is 18.9 Å². The number of aromatic nitrogens is 4. The van der Waals surface area contributed by atoms with Crippen LogP contribution in [0, 0.1) is 0 Å². The summed E-state index contributed by atoms with van der Waals surface area (Å²) in [5.74, 6) is -0.264. The van der Waals surface area contributed by atoms with E-state index in [9.17, 15) is 4.79 Å². The smallest absolute Gasteiger partial charge is 0.316 e. The molecule has 0 saturated carbocycles. The highest BCUT2D eigenvalue weighted by molar-refractivity contribution is 5.76. The summed E-state index contributed by atoms with van der Waals surface area (Å²) >= 11 is 0. The van der Waals surface area contributed by atoms with Gasteiger partial charge in [-0.25, -0.2) is 0 Å². The Morgan fingerprint density at radius 1 is 1.57 bits per heavy atom. The normalized spacial score (nSPS) is 12.4. The molecule has 0 spiro atoms. The first-order valence-electron chi connectivity index (χ1n) is 4.69. The lowest BCUT2D eigenvalue weighted by Gasteiger charge is -2.09. The van der Waals surface area contributed by atoms with Gasteiger partial charge >= 0.3 is 5.97 Å². The molecule has 1 atom stereocenters. The second-order valence-corrected chi connectivity index (χ2v) is 2.86. The highest BCUT2D eigenvalue weighted by atomic mass is 16.5. The van der Waals surface area contributed by atoms with Crippen molar-refractivity contribution in [2.24, 2.45) is 0 Å². The molecule has 0 aliphatic rings. The van der Waals surface area contributed by atoms with Crippen molar-refractivity contribution in [2.75, 3.05) is 6.61 Å². The molecule has 1 unspecified atom stereocenters. The van der Waals surface area contributed by atoms with Crippen molar-refractivity contribution in [3.05, 3.63) is 5.82 Å². The topological polar surface area (TPSA) is 80.8 Å². The van der Waals surface area contributed by atoms with Gasteiger partial charge in [0.1, 0.15) is 5.92 Å². The average Bonchev–Trinajstić information content (AvgIpc) is 2.67. The summed E-state index contributed by atoms with van der Waals surface area (Å²) in [5.41, 5.74) is 0. The second kappa shape index (κ2) is 5.31. The van der Waals surface area contributed by atoms with Crippen molar-refractivity contribution in [2.45, 2.75) is 32.6 Å². The number of hydrogen-bond donors (Lipinski definition) is 1. The zero-order valence-corrected chi connectivity index (χ0v) is 8.36. The van der Waals surface area contributed by atoms with Gasteiger partial charge in [-0.05, 0) is 13.3 Å². The van der Waals surface area contributed by atoms with Crippen LogP contribution in [0.15, 0.2) is 0 Å². The third kappa shape index (κ3) is 2.51. The third-order valence-corrected chi connectivity index (χ3v) is 1.82. The van der Waals surface area contributed by atoms with Crippen molar-refractivity contribution in [1.29, 1.82) is 0 Å².